The minimum atomic E-state index is -0.767. The molecule has 1 atom stereocenters. The largest absolute Gasteiger partial charge is 0.462 e. The lowest BCUT2D eigenvalue weighted by atomic mass is 10.0. The first kappa shape index (κ1) is 49.9. The highest BCUT2D eigenvalue weighted by molar-refractivity contribution is 5.71. The van der Waals surface area contributed by atoms with Crippen molar-refractivity contribution in [3.8, 4) is 0 Å². The summed E-state index contributed by atoms with van der Waals surface area (Å²) >= 11 is 0. The van der Waals surface area contributed by atoms with E-state index in [2.05, 4.69) is 45.1 Å². The molecule has 0 rings (SSSR count). The van der Waals surface area contributed by atoms with Crippen LogP contribution in [-0.4, -0.2) is 37.2 Å². The molecule has 1 unspecified atom stereocenters. The van der Waals surface area contributed by atoms with Gasteiger partial charge in [-0.05, 0) is 51.4 Å². The Bertz CT molecular complexity index is 850. The molecule has 0 amide bonds. The van der Waals surface area contributed by atoms with E-state index in [1.807, 2.05) is 0 Å². The van der Waals surface area contributed by atoms with Gasteiger partial charge in [-0.15, -0.1) is 0 Å². The molecule has 0 aromatic carbocycles. The summed E-state index contributed by atoms with van der Waals surface area (Å²) in [6, 6.07) is 0. The molecule has 6 nitrogen and oxygen atoms in total. The second-order valence-corrected chi connectivity index (χ2v) is 15.0. The summed E-state index contributed by atoms with van der Waals surface area (Å²) in [6.07, 6.45) is 44.6. The number of hydrogen-bond donors (Lipinski definition) is 0. The molecular formula is C46H84O6. The van der Waals surface area contributed by atoms with Gasteiger partial charge >= 0.3 is 17.9 Å². The SMILES string of the molecule is CCCCC/C=C\C/C=C\CCCCCCCC(=O)OCC(COC(=O)CCCCCCCC)OC(=O)CCCCCCCCCCCCCCC. The predicted octanol–water partition coefficient (Wildman–Crippen LogP) is 14.0. The molecule has 0 aliphatic rings. The summed E-state index contributed by atoms with van der Waals surface area (Å²) < 4.78 is 16.6. The molecule has 0 aromatic rings. The number of carbonyl (C=O) groups excluding carboxylic acids is 3. The van der Waals surface area contributed by atoms with Crippen LogP contribution < -0.4 is 0 Å². The first-order valence-electron chi connectivity index (χ1n) is 22.3. The molecule has 0 bridgehead atoms. The average molecular weight is 733 g/mol. The monoisotopic (exact) mass is 733 g/mol. The van der Waals surface area contributed by atoms with Crippen molar-refractivity contribution in [2.45, 2.75) is 239 Å². The van der Waals surface area contributed by atoms with Gasteiger partial charge in [0, 0.05) is 19.3 Å². The normalized spacial score (nSPS) is 12.1. The molecule has 0 radical (unpaired) electrons. The summed E-state index contributed by atoms with van der Waals surface area (Å²) in [7, 11) is 0. The fourth-order valence-corrected chi connectivity index (χ4v) is 6.29. The van der Waals surface area contributed by atoms with E-state index in [0.717, 1.165) is 77.0 Å². The quantitative estimate of drug-likeness (QED) is 0.0270. The number of allylic oxidation sites excluding steroid dienone is 4. The number of ether oxygens (including phenoxy) is 3. The van der Waals surface area contributed by atoms with Crippen molar-refractivity contribution in [2.75, 3.05) is 13.2 Å². The summed E-state index contributed by atoms with van der Waals surface area (Å²) in [5.41, 5.74) is 0. The molecule has 52 heavy (non-hydrogen) atoms. The van der Waals surface area contributed by atoms with Gasteiger partial charge in [0.1, 0.15) is 13.2 Å². The van der Waals surface area contributed by atoms with Crippen LogP contribution in [0.5, 0.6) is 0 Å². The zero-order valence-electron chi connectivity index (χ0n) is 34.6. The Morgan fingerprint density at radius 2 is 0.692 bits per heavy atom. The summed E-state index contributed by atoms with van der Waals surface area (Å²) in [5.74, 6) is -0.893. The molecule has 0 fully saturated rings. The zero-order valence-corrected chi connectivity index (χ0v) is 34.6. The highest BCUT2D eigenvalue weighted by Crippen LogP contribution is 2.14. The van der Waals surface area contributed by atoms with Crippen molar-refractivity contribution in [3.05, 3.63) is 24.3 Å². The van der Waals surface area contributed by atoms with Crippen LogP contribution in [0, 0.1) is 0 Å². The highest BCUT2D eigenvalue weighted by Gasteiger charge is 2.19. The lowest BCUT2D eigenvalue weighted by Gasteiger charge is -2.18. The maximum Gasteiger partial charge on any atom is 0.306 e. The average Bonchev–Trinajstić information content (AvgIpc) is 3.14. The maximum atomic E-state index is 12.7. The van der Waals surface area contributed by atoms with E-state index in [1.54, 1.807) is 0 Å². The molecule has 304 valence electrons. The predicted molar refractivity (Wildman–Crippen MR) is 219 cm³/mol. The van der Waals surface area contributed by atoms with Crippen LogP contribution in [0.3, 0.4) is 0 Å². The third-order valence-corrected chi connectivity index (χ3v) is 9.71. The van der Waals surface area contributed by atoms with Crippen LogP contribution in [-0.2, 0) is 28.6 Å². The summed E-state index contributed by atoms with van der Waals surface area (Å²) in [4.78, 5) is 37.5. The fraction of sp³-hybridized carbons (Fsp3) is 0.848. The number of esters is 3. The van der Waals surface area contributed by atoms with Gasteiger partial charge in [0.2, 0.25) is 0 Å². The van der Waals surface area contributed by atoms with Crippen molar-refractivity contribution in [1.82, 2.24) is 0 Å². The second kappa shape index (κ2) is 41.6. The molecular weight excluding hydrogens is 648 g/mol. The van der Waals surface area contributed by atoms with Crippen LogP contribution in [0.15, 0.2) is 24.3 Å². The molecule has 0 aliphatic heterocycles. The van der Waals surface area contributed by atoms with Crippen molar-refractivity contribution < 1.29 is 28.6 Å². The molecule has 0 saturated carbocycles. The molecule has 0 N–H and O–H groups in total. The third kappa shape index (κ3) is 39.1. The maximum absolute atomic E-state index is 12.7. The molecule has 0 spiro atoms. The van der Waals surface area contributed by atoms with Crippen molar-refractivity contribution >= 4 is 17.9 Å². The topological polar surface area (TPSA) is 78.9 Å². The van der Waals surface area contributed by atoms with Crippen LogP contribution in [0.4, 0.5) is 0 Å². The highest BCUT2D eigenvalue weighted by atomic mass is 16.6. The Morgan fingerprint density at radius 3 is 1.10 bits per heavy atom. The molecule has 0 aliphatic carbocycles. The van der Waals surface area contributed by atoms with Crippen LogP contribution in [0.2, 0.25) is 0 Å². The number of rotatable bonds is 40. The van der Waals surface area contributed by atoms with E-state index in [4.69, 9.17) is 14.2 Å². The van der Waals surface area contributed by atoms with Crippen molar-refractivity contribution in [1.29, 1.82) is 0 Å². The van der Waals surface area contributed by atoms with Crippen LogP contribution >= 0.6 is 0 Å². The zero-order chi connectivity index (χ0) is 38.0. The molecule has 0 saturated heterocycles. The molecule has 0 aromatic heterocycles. The van der Waals surface area contributed by atoms with E-state index in [-0.39, 0.29) is 31.1 Å². The van der Waals surface area contributed by atoms with Gasteiger partial charge in [0.25, 0.3) is 0 Å². The van der Waals surface area contributed by atoms with Crippen LogP contribution in [0.1, 0.15) is 233 Å². The van der Waals surface area contributed by atoms with Crippen molar-refractivity contribution in [2.24, 2.45) is 0 Å². The summed E-state index contributed by atoms with van der Waals surface area (Å²) in [5, 5.41) is 0. The lowest BCUT2D eigenvalue weighted by molar-refractivity contribution is -0.167. The standard InChI is InChI=1S/C46H84O6/c1-4-7-10-13-16-18-20-22-23-25-26-28-30-33-36-39-45(48)51-42-43(41-50-44(47)38-35-32-15-12-9-6-3)52-46(49)40-37-34-31-29-27-24-21-19-17-14-11-8-5-2/h16,18,22-23,43H,4-15,17,19-21,24-42H2,1-3H3/b18-16-,23-22-. The lowest BCUT2D eigenvalue weighted by Crippen LogP contribution is -2.30. The number of unbranched alkanes of at least 4 members (excludes halogenated alkanes) is 25. The first-order chi connectivity index (χ1) is 25.5. The Labute approximate surface area is 322 Å². The molecule has 6 heteroatoms. The van der Waals surface area contributed by atoms with Gasteiger partial charge in [0.05, 0.1) is 0 Å². The van der Waals surface area contributed by atoms with E-state index in [1.165, 1.54) is 116 Å². The smallest absolute Gasteiger partial charge is 0.306 e. The number of hydrogen-bond acceptors (Lipinski definition) is 6. The second-order valence-electron chi connectivity index (χ2n) is 15.0. The number of carbonyl (C=O) groups is 3. The van der Waals surface area contributed by atoms with Gasteiger partial charge < -0.3 is 14.2 Å². The fourth-order valence-electron chi connectivity index (χ4n) is 6.29. The van der Waals surface area contributed by atoms with E-state index in [0.29, 0.717) is 19.3 Å². The van der Waals surface area contributed by atoms with Crippen LogP contribution in [0.25, 0.3) is 0 Å². The van der Waals surface area contributed by atoms with Crippen molar-refractivity contribution in [3.63, 3.8) is 0 Å². The minimum Gasteiger partial charge on any atom is -0.462 e. The Hall–Kier alpha value is -2.11. The third-order valence-electron chi connectivity index (χ3n) is 9.71. The van der Waals surface area contributed by atoms with Gasteiger partial charge in [-0.2, -0.15) is 0 Å². The van der Waals surface area contributed by atoms with Gasteiger partial charge in [-0.25, -0.2) is 0 Å². The molecule has 0 heterocycles. The van der Waals surface area contributed by atoms with E-state index in [9.17, 15) is 14.4 Å². The Kier molecular flexibility index (Phi) is 40.0. The van der Waals surface area contributed by atoms with E-state index < -0.39 is 6.10 Å². The van der Waals surface area contributed by atoms with Gasteiger partial charge in [-0.1, -0.05) is 186 Å². The first-order valence-corrected chi connectivity index (χ1v) is 22.3. The van der Waals surface area contributed by atoms with Gasteiger partial charge in [-0.3, -0.25) is 14.4 Å². The van der Waals surface area contributed by atoms with Gasteiger partial charge in [0.15, 0.2) is 6.10 Å². The minimum absolute atomic E-state index is 0.0734. The summed E-state index contributed by atoms with van der Waals surface area (Å²) in [6.45, 7) is 6.54. The Morgan fingerprint density at radius 1 is 0.385 bits per heavy atom. The van der Waals surface area contributed by atoms with E-state index >= 15 is 0 Å². The Balaban J connectivity index is 4.28.